The number of benzene rings is 1. The summed E-state index contributed by atoms with van der Waals surface area (Å²) in [5.74, 6) is 0.0103. The van der Waals surface area contributed by atoms with Gasteiger partial charge in [-0.1, -0.05) is 35.9 Å². The summed E-state index contributed by atoms with van der Waals surface area (Å²) >= 11 is 6.49. The Morgan fingerprint density at radius 2 is 1.93 bits per heavy atom. The number of hydrogen-bond acceptors (Lipinski definition) is 7. The molecule has 2 atom stereocenters. The van der Waals surface area contributed by atoms with E-state index in [1.807, 2.05) is 49.5 Å². The Morgan fingerprint density at radius 3 is 2.73 bits per heavy atom. The van der Waals surface area contributed by atoms with Crippen LogP contribution in [-0.4, -0.2) is 69.4 Å². The summed E-state index contributed by atoms with van der Waals surface area (Å²) in [6.45, 7) is 0.668. The van der Waals surface area contributed by atoms with Gasteiger partial charge in [-0.05, 0) is 58.0 Å². The van der Waals surface area contributed by atoms with E-state index in [1.165, 1.54) is 12.3 Å². The van der Waals surface area contributed by atoms with Gasteiger partial charge in [0.05, 0.1) is 28.8 Å². The van der Waals surface area contributed by atoms with Crippen LogP contribution in [0.4, 0.5) is 11.6 Å². The van der Waals surface area contributed by atoms with Crippen molar-refractivity contribution in [3.8, 4) is 11.3 Å². The van der Waals surface area contributed by atoms with Crippen molar-refractivity contribution >= 4 is 46.0 Å². The van der Waals surface area contributed by atoms with Crippen molar-refractivity contribution in [2.45, 2.75) is 37.8 Å². The zero-order chi connectivity index (χ0) is 28.8. The maximum absolute atomic E-state index is 12.9. The van der Waals surface area contributed by atoms with Crippen molar-refractivity contribution in [1.82, 2.24) is 30.2 Å². The molecule has 0 saturated heterocycles. The Balaban J connectivity index is 1.17. The fourth-order valence-corrected chi connectivity index (χ4v) is 5.14. The monoisotopic (exact) mass is 572 g/mol. The van der Waals surface area contributed by atoms with Gasteiger partial charge < -0.3 is 25.8 Å². The molecule has 11 heteroatoms. The predicted molar refractivity (Wildman–Crippen MR) is 162 cm³/mol. The summed E-state index contributed by atoms with van der Waals surface area (Å²) in [5.41, 5.74) is 3.42. The van der Waals surface area contributed by atoms with Crippen molar-refractivity contribution in [3.63, 3.8) is 0 Å². The zero-order valence-corrected chi connectivity index (χ0v) is 23.8. The fraction of sp³-hybridized carbons (Fsp3) is 0.300. The molecule has 4 N–H and O–H groups in total. The predicted octanol–water partition coefficient (Wildman–Crippen LogP) is 4.88. The molecular formula is C30H33ClN8O2. The molecule has 212 valence electrons. The van der Waals surface area contributed by atoms with E-state index in [0.717, 1.165) is 42.1 Å². The number of carbonyl (C=O) groups is 2. The lowest BCUT2D eigenvalue weighted by Gasteiger charge is -2.30. The van der Waals surface area contributed by atoms with E-state index in [2.05, 4.69) is 30.9 Å². The van der Waals surface area contributed by atoms with E-state index in [1.54, 1.807) is 24.4 Å². The SMILES string of the molecule is CN(C)C/C=C/C(=O)Nc1ccc(C(=O)N[C@@H]2CCC[C@H](Nc3ncc(Cl)c(-c4c[nH]c5ccccc45)n3)C2)nc1. The molecule has 3 aromatic heterocycles. The van der Waals surface area contributed by atoms with Gasteiger partial charge in [0.15, 0.2) is 0 Å². The largest absolute Gasteiger partial charge is 0.360 e. The van der Waals surface area contributed by atoms with Crippen molar-refractivity contribution in [2.24, 2.45) is 0 Å². The normalized spacial score (nSPS) is 17.2. The Labute approximate surface area is 243 Å². The second-order valence-electron chi connectivity index (χ2n) is 10.4. The molecule has 1 fully saturated rings. The fourth-order valence-electron chi connectivity index (χ4n) is 4.94. The lowest BCUT2D eigenvalue weighted by molar-refractivity contribution is -0.111. The van der Waals surface area contributed by atoms with E-state index in [9.17, 15) is 9.59 Å². The summed E-state index contributed by atoms with van der Waals surface area (Å²) in [6, 6.07) is 11.4. The summed E-state index contributed by atoms with van der Waals surface area (Å²) in [4.78, 5) is 43.6. The smallest absolute Gasteiger partial charge is 0.270 e. The highest BCUT2D eigenvalue weighted by atomic mass is 35.5. The van der Waals surface area contributed by atoms with Gasteiger partial charge in [0.1, 0.15) is 5.69 Å². The number of halogens is 1. The summed E-state index contributed by atoms with van der Waals surface area (Å²) in [5, 5.41) is 10.8. The van der Waals surface area contributed by atoms with Crippen LogP contribution < -0.4 is 16.0 Å². The van der Waals surface area contributed by atoms with Gasteiger partial charge in [-0.3, -0.25) is 9.59 Å². The van der Waals surface area contributed by atoms with Crippen LogP contribution in [0.15, 0.2) is 67.1 Å². The molecule has 3 heterocycles. The molecule has 1 aromatic carbocycles. The number of pyridine rings is 1. The number of nitrogens with zero attached hydrogens (tertiary/aromatic N) is 4. The van der Waals surface area contributed by atoms with Crippen LogP contribution in [0.3, 0.4) is 0 Å². The number of anilines is 2. The van der Waals surface area contributed by atoms with Crippen molar-refractivity contribution in [2.75, 3.05) is 31.3 Å². The highest BCUT2D eigenvalue weighted by Crippen LogP contribution is 2.32. The lowest BCUT2D eigenvalue weighted by atomic mass is 9.91. The third-order valence-corrected chi connectivity index (χ3v) is 7.21. The van der Waals surface area contributed by atoms with E-state index in [0.29, 0.717) is 34.6 Å². The van der Waals surface area contributed by atoms with Gasteiger partial charge in [-0.25, -0.2) is 15.0 Å². The number of para-hydroxylation sites is 1. The van der Waals surface area contributed by atoms with Gasteiger partial charge in [0.2, 0.25) is 11.9 Å². The molecule has 0 radical (unpaired) electrons. The Kier molecular flexibility index (Phi) is 8.91. The van der Waals surface area contributed by atoms with Crippen molar-refractivity contribution < 1.29 is 9.59 Å². The second-order valence-corrected chi connectivity index (χ2v) is 10.8. The third kappa shape index (κ3) is 7.27. The van der Waals surface area contributed by atoms with Crippen LogP contribution in [0.2, 0.25) is 5.02 Å². The molecule has 5 rings (SSSR count). The number of likely N-dealkylation sites (N-methyl/N-ethyl adjacent to an activating group) is 1. The minimum Gasteiger partial charge on any atom is -0.360 e. The summed E-state index contributed by atoms with van der Waals surface area (Å²) in [7, 11) is 3.85. The molecule has 1 aliphatic rings. The first-order chi connectivity index (χ1) is 19.9. The number of H-pyrrole nitrogens is 1. The van der Waals surface area contributed by atoms with Crippen molar-refractivity contribution in [3.05, 3.63) is 77.9 Å². The van der Waals surface area contributed by atoms with Crippen LogP contribution in [0.25, 0.3) is 22.2 Å². The minimum absolute atomic E-state index is 0.0165. The van der Waals surface area contributed by atoms with Crippen LogP contribution in [-0.2, 0) is 4.79 Å². The Morgan fingerprint density at radius 1 is 1.10 bits per heavy atom. The highest BCUT2D eigenvalue weighted by Gasteiger charge is 2.25. The molecule has 0 spiro atoms. The standard InChI is InChI=1S/C30H33ClN8O2/c1-39(2)14-6-11-27(40)35-21-12-13-26(32-16-21)29(41)36-19-7-5-8-20(15-19)37-30-34-18-24(31)28(38-30)23-17-33-25-10-4-3-9-22(23)25/h3-4,6,9-13,16-20,33H,5,7-8,14-15H2,1-2H3,(H,35,40)(H,36,41)(H,34,37,38)/b11-6+/t19-,20+/m1/s1. The molecule has 4 aromatic rings. The van der Waals surface area contributed by atoms with Gasteiger partial charge in [-0.15, -0.1) is 0 Å². The average molecular weight is 573 g/mol. The minimum atomic E-state index is -0.247. The van der Waals surface area contributed by atoms with Gasteiger partial charge in [-0.2, -0.15) is 0 Å². The second kappa shape index (κ2) is 12.9. The zero-order valence-electron chi connectivity index (χ0n) is 23.0. The number of carbonyl (C=O) groups excluding carboxylic acids is 2. The molecule has 2 amide bonds. The Hall–Kier alpha value is -4.28. The number of fused-ring (bicyclic) bond motifs is 1. The van der Waals surface area contributed by atoms with E-state index in [-0.39, 0.29) is 23.9 Å². The molecule has 1 saturated carbocycles. The van der Waals surface area contributed by atoms with Crippen LogP contribution in [0.1, 0.15) is 36.2 Å². The first kappa shape index (κ1) is 28.3. The molecule has 10 nitrogen and oxygen atoms in total. The molecular weight excluding hydrogens is 540 g/mol. The first-order valence-corrected chi connectivity index (χ1v) is 14.0. The number of aromatic nitrogens is 4. The third-order valence-electron chi connectivity index (χ3n) is 6.93. The van der Waals surface area contributed by atoms with Crippen LogP contribution in [0.5, 0.6) is 0 Å². The summed E-state index contributed by atoms with van der Waals surface area (Å²) in [6.07, 6.45) is 11.8. The molecule has 41 heavy (non-hydrogen) atoms. The maximum atomic E-state index is 12.9. The highest BCUT2D eigenvalue weighted by molar-refractivity contribution is 6.33. The van der Waals surface area contributed by atoms with Crippen LogP contribution in [0, 0.1) is 0 Å². The van der Waals surface area contributed by atoms with Gasteiger partial charge in [0, 0.05) is 47.4 Å². The molecule has 0 bridgehead atoms. The quantitative estimate of drug-likeness (QED) is 0.210. The van der Waals surface area contributed by atoms with Gasteiger partial charge >= 0.3 is 0 Å². The topological polar surface area (TPSA) is 128 Å². The molecule has 0 unspecified atom stereocenters. The van der Waals surface area contributed by atoms with E-state index < -0.39 is 0 Å². The van der Waals surface area contributed by atoms with Gasteiger partial charge in [0.25, 0.3) is 5.91 Å². The average Bonchev–Trinajstić information content (AvgIpc) is 3.38. The number of nitrogens with one attached hydrogen (secondary N) is 4. The summed E-state index contributed by atoms with van der Waals surface area (Å²) < 4.78 is 0. The molecule has 0 aliphatic heterocycles. The van der Waals surface area contributed by atoms with Crippen molar-refractivity contribution in [1.29, 1.82) is 0 Å². The maximum Gasteiger partial charge on any atom is 0.270 e. The number of rotatable bonds is 9. The first-order valence-electron chi connectivity index (χ1n) is 13.6. The number of aromatic amines is 1. The number of hydrogen-bond donors (Lipinski definition) is 4. The molecule has 1 aliphatic carbocycles. The van der Waals surface area contributed by atoms with E-state index >= 15 is 0 Å². The number of amides is 2. The van der Waals surface area contributed by atoms with Crippen LogP contribution >= 0.6 is 11.6 Å². The lowest BCUT2D eigenvalue weighted by Crippen LogP contribution is -2.42. The Bertz CT molecular complexity index is 1550. The van der Waals surface area contributed by atoms with E-state index in [4.69, 9.17) is 16.6 Å².